The Labute approximate surface area is 103 Å². The topological polar surface area (TPSA) is 12.0 Å². The summed E-state index contributed by atoms with van der Waals surface area (Å²) in [5.74, 6) is 1.78. The summed E-state index contributed by atoms with van der Waals surface area (Å²) in [6.07, 6.45) is -2.44. The van der Waals surface area contributed by atoms with Gasteiger partial charge in [0.1, 0.15) is 0 Å². The SMILES string of the molecule is C=CCSCCNc1ccc(C(F)(F)F)cc1. The zero-order valence-corrected chi connectivity index (χ0v) is 10.1. The Hall–Kier alpha value is -1.10. The number of rotatable bonds is 6. The molecule has 0 atom stereocenters. The van der Waals surface area contributed by atoms with Crippen LogP contribution in [0.25, 0.3) is 0 Å². The van der Waals surface area contributed by atoms with Crippen molar-refractivity contribution in [3.8, 4) is 0 Å². The highest BCUT2D eigenvalue weighted by Crippen LogP contribution is 2.29. The zero-order valence-electron chi connectivity index (χ0n) is 9.26. The van der Waals surface area contributed by atoms with E-state index in [1.54, 1.807) is 11.8 Å². The van der Waals surface area contributed by atoms with Gasteiger partial charge >= 0.3 is 6.18 Å². The zero-order chi connectivity index (χ0) is 12.7. The lowest BCUT2D eigenvalue weighted by Gasteiger charge is -2.09. The lowest BCUT2D eigenvalue weighted by Crippen LogP contribution is -2.07. The molecule has 0 radical (unpaired) electrons. The van der Waals surface area contributed by atoms with E-state index in [0.29, 0.717) is 5.69 Å². The van der Waals surface area contributed by atoms with Crippen molar-refractivity contribution in [2.75, 3.05) is 23.4 Å². The van der Waals surface area contributed by atoms with Gasteiger partial charge in [0, 0.05) is 23.7 Å². The van der Waals surface area contributed by atoms with E-state index in [1.807, 2.05) is 6.08 Å². The third-order valence-corrected chi connectivity index (χ3v) is 2.99. The molecule has 0 fully saturated rings. The van der Waals surface area contributed by atoms with Crippen molar-refractivity contribution in [3.63, 3.8) is 0 Å². The minimum absolute atomic E-state index is 0.621. The lowest BCUT2D eigenvalue weighted by molar-refractivity contribution is -0.137. The van der Waals surface area contributed by atoms with Crippen molar-refractivity contribution in [2.45, 2.75) is 6.18 Å². The quantitative estimate of drug-likeness (QED) is 0.612. The summed E-state index contributed by atoms with van der Waals surface area (Å²) in [5.41, 5.74) is 0.0845. The lowest BCUT2D eigenvalue weighted by atomic mass is 10.2. The van der Waals surface area contributed by atoms with Gasteiger partial charge in [-0.25, -0.2) is 0 Å². The minimum Gasteiger partial charge on any atom is -0.384 e. The predicted octanol–water partition coefficient (Wildman–Crippen LogP) is 4.04. The molecule has 0 heterocycles. The van der Waals surface area contributed by atoms with E-state index in [0.717, 1.165) is 30.2 Å². The average molecular weight is 261 g/mol. The average Bonchev–Trinajstić information content (AvgIpc) is 2.28. The fourth-order valence-corrected chi connectivity index (χ4v) is 1.79. The van der Waals surface area contributed by atoms with Crippen LogP contribution in [0.4, 0.5) is 18.9 Å². The molecule has 1 nitrogen and oxygen atoms in total. The summed E-state index contributed by atoms with van der Waals surface area (Å²) < 4.78 is 36.8. The first-order valence-electron chi connectivity index (χ1n) is 5.14. The van der Waals surface area contributed by atoms with Gasteiger partial charge in [0.25, 0.3) is 0 Å². The molecule has 94 valence electrons. The number of nitrogens with one attached hydrogen (secondary N) is 1. The monoisotopic (exact) mass is 261 g/mol. The maximum Gasteiger partial charge on any atom is 0.416 e. The molecule has 0 saturated heterocycles. The number of hydrogen-bond donors (Lipinski definition) is 1. The fourth-order valence-electron chi connectivity index (χ4n) is 1.21. The number of hydrogen-bond acceptors (Lipinski definition) is 2. The van der Waals surface area contributed by atoms with Crippen molar-refractivity contribution in [2.24, 2.45) is 0 Å². The van der Waals surface area contributed by atoms with Gasteiger partial charge in [-0.2, -0.15) is 24.9 Å². The molecule has 1 rings (SSSR count). The van der Waals surface area contributed by atoms with Gasteiger partial charge in [-0.05, 0) is 24.3 Å². The highest BCUT2D eigenvalue weighted by molar-refractivity contribution is 7.99. The molecule has 0 amide bonds. The van der Waals surface area contributed by atoms with Crippen LogP contribution in [-0.4, -0.2) is 18.1 Å². The third-order valence-electron chi connectivity index (χ3n) is 2.02. The van der Waals surface area contributed by atoms with Crippen LogP contribution < -0.4 is 5.32 Å². The Balaban J connectivity index is 2.38. The molecule has 0 aromatic heterocycles. The van der Waals surface area contributed by atoms with E-state index in [1.165, 1.54) is 12.1 Å². The van der Waals surface area contributed by atoms with E-state index < -0.39 is 11.7 Å². The van der Waals surface area contributed by atoms with E-state index in [9.17, 15) is 13.2 Å². The van der Waals surface area contributed by atoms with Crippen molar-refractivity contribution in [3.05, 3.63) is 42.5 Å². The number of thioether (sulfide) groups is 1. The molecule has 0 aliphatic carbocycles. The summed E-state index contributed by atoms with van der Waals surface area (Å²) in [7, 11) is 0. The third kappa shape index (κ3) is 5.17. The van der Waals surface area contributed by atoms with Crippen molar-refractivity contribution in [1.82, 2.24) is 0 Å². The van der Waals surface area contributed by atoms with E-state index >= 15 is 0 Å². The number of halogens is 3. The van der Waals surface area contributed by atoms with Gasteiger partial charge in [0.2, 0.25) is 0 Å². The maximum absolute atomic E-state index is 12.3. The smallest absolute Gasteiger partial charge is 0.384 e. The Morgan fingerprint density at radius 2 is 1.88 bits per heavy atom. The molecule has 5 heteroatoms. The van der Waals surface area contributed by atoms with Crippen LogP contribution in [0.3, 0.4) is 0 Å². The van der Waals surface area contributed by atoms with Crippen LogP contribution in [0.2, 0.25) is 0 Å². The van der Waals surface area contributed by atoms with Gasteiger partial charge in [-0.3, -0.25) is 0 Å². The molecule has 17 heavy (non-hydrogen) atoms. The fraction of sp³-hybridized carbons (Fsp3) is 0.333. The molecule has 0 unspecified atom stereocenters. The number of anilines is 1. The van der Waals surface area contributed by atoms with Crippen LogP contribution in [-0.2, 0) is 6.18 Å². The van der Waals surface area contributed by atoms with Crippen LogP contribution in [0.5, 0.6) is 0 Å². The molecular formula is C12H14F3NS. The summed E-state index contributed by atoms with van der Waals surface area (Å²) in [6, 6.07) is 5.06. The van der Waals surface area contributed by atoms with Gasteiger partial charge in [-0.1, -0.05) is 6.08 Å². The van der Waals surface area contributed by atoms with Crippen molar-refractivity contribution >= 4 is 17.4 Å². The molecule has 0 aliphatic rings. The molecule has 0 saturated carbocycles. The molecule has 1 N–H and O–H groups in total. The van der Waals surface area contributed by atoms with Gasteiger partial charge < -0.3 is 5.32 Å². The Bertz CT molecular complexity index is 346. The van der Waals surface area contributed by atoms with E-state index in [4.69, 9.17) is 0 Å². The summed E-state index contributed by atoms with van der Waals surface area (Å²) in [4.78, 5) is 0. The van der Waals surface area contributed by atoms with Crippen LogP contribution >= 0.6 is 11.8 Å². The highest BCUT2D eigenvalue weighted by Gasteiger charge is 2.29. The van der Waals surface area contributed by atoms with Crippen LogP contribution in [0, 0.1) is 0 Å². The van der Waals surface area contributed by atoms with Crippen LogP contribution in [0.15, 0.2) is 36.9 Å². The summed E-state index contributed by atoms with van der Waals surface area (Å²) in [5, 5.41) is 3.06. The molecule has 1 aromatic rings. The molecular weight excluding hydrogens is 247 g/mol. The first-order chi connectivity index (χ1) is 8.04. The molecule has 0 bridgehead atoms. The van der Waals surface area contributed by atoms with Crippen molar-refractivity contribution < 1.29 is 13.2 Å². The van der Waals surface area contributed by atoms with Gasteiger partial charge in [0.05, 0.1) is 5.56 Å². The first-order valence-corrected chi connectivity index (χ1v) is 6.29. The normalized spacial score (nSPS) is 11.2. The molecule has 1 aromatic carbocycles. The predicted molar refractivity (Wildman–Crippen MR) is 67.5 cm³/mol. The van der Waals surface area contributed by atoms with Crippen LogP contribution in [0.1, 0.15) is 5.56 Å². The Morgan fingerprint density at radius 1 is 1.24 bits per heavy atom. The molecule has 0 spiro atoms. The van der Waals surface area contributed by atoms with Gasteiger partial charge in [0.15, 0.2) is 0 Å². The van der Waals surface area contributed by atoms with E-state index in [-0.39, 0.29) is 0 Å². The van der Waals surface area contributed by atoms with E-state index in [2.05, 4.69) is 11.9 Å². The number of benzene rings is 1. The molecule has 0 aliphatic heterocycles. The Kier molecular flexibility index (Phi) is 5.41. The summed E-state index contributed by atoms with van der Waals surface area (Å²) >= 11 is 1.72. The largest absolute Gasteiger partial charge is 0.416 e. The minimum atomic E-state index is -4.27. The second-order valence-corrected chi connectivity index (χ2v) is 4.52. The highest BCUT2D eigenvalue weighted by atomic mass is 32.2. The standard InChI is InChI=1S/C12H14F3NS/c1-2-8-17-9-7-16-11-5-3-10(4-6-11)12(13,14)15/h2-6,16H,1,7-9H2. The second kappa shape index (κ2) is 6.59. The number of alkyl halides is 3. The Morgan fingerprint density at radius 3 is 2.41 bits per heavy atom. The van der Waals surface area contributed by atoms with Crippen molar-refractivity contribution in [1.29, 1.82) is 0 Å². The first kappa shape index (κ1) is 14.0. The van der Waals surface area contributed by atoms with Gasteiger partial charge in [-0.15, -0.1) is 6.58 Å². The maximum atomic E-state index is 12.3. The second-order valence-electron chi connectivity index (χ2n) is 3.37. The summed E-state index contributed by atoms with van der Waals surface area (Å²) in [6.45, 7) is 4.33.